The van der Waals surface area contributed by atoms with Gasteiger partial charge in [0, 0.05) is 12.1 Å². The smallest absolute Gasteiger partial charge is 0.261 e. The number of nitrogens with one attached hydrogen (secondary N) is 2. The van der Waals surface area contributed by atoms with Crippen LogP contribution < -0.4 is 15.4 Å². The van der Waals surface area contributed by atoms with Gasteiger partial charge in [0.25, 0.3) is 11.8 Å². The van der Waals surface area contributed by atoms with Gasteiger partial charge >= 0.3 is 0 Å². The number of hydrogen-bond acceptors (Lipinski definition) is 5. The van der Waals surface area contributed by atoms with E-state index in [2.05, 4.69) is 10.6 Å². The van der Waals surface area contributed by atoms with E-state index in [1.54, 1.807) is 20.1 Å². The Hall–Kier alpha value is -2.94. The highest BCUT2D eigenvalue weighted by molar-refractivity contribution is 7.18. The third-order valence-corrected chi connectivity index (χ3v) is 6.58. The van der Waals surface area contributed by atoms with Crippen molar-refractivity contribution in [2.24, 2.45) is 0 Å². The van der Waals surface area contributed by atoms with Crippen LogP contribution in [0.1, 0.15) is 37.2 Å². The van der Waals surface area contributed by atoms with Crippen LogP contribution >= 0.6 is 22.9 Å². The highest BCUT2D eigenvalue weighted by Gasteiger charge is 2.21. The van der Waals surface area contributed by atoms with Crippen molar-refractivity contribution in [2.45, 2.75) is 13.0 Å². The van der Waals surface area contributed by atoms with E-state index < -0.39 is 11.7 Å². The number of thiophene rings is 1. The number of likely N-dealkylation sites (N-methyl/N-ethyl adjacent to an activating group) is 1. The molecule has 0 spiro atoms. The number of anilines is 1. The van der Waals surface area contributed by atoms with Crippen LogP contribution in [0.2, 0.25) is 5.02 Å². The Balaban J connectivity index is 1.71. The fourth-order valence-electron chi connectivity index (χ4n) is 3.40. The molecule has 1 unspecified atom stereocenters. The summed E-state index contributed by atoms with van der Waals surface area (Å²) in [5.41, 5.74) is 1.86. The topological polar surface area (TPSA) is 70.7 Å². The fourth-order valence-corrected chi connectivity index (χ4v) is 4.64. The van der Waals surface area contributed by atoms with Crippen molar-refractivity contribution in [1.29, 1.82) is 0 Å². The van der Waals surface area contributed by atoms with E-state index >= 15 is 0 Å². The van der Waals surface area contributed by atoms with Crippen LogP contribution in [0.4, 0.5) is 9.39 Å². The first kappa shape index (κ1) is 24.7. The first-order valence-electron chi connectivity index (χ1n) is 10.2. The summed E-state index contributed by atoms with van der Waals surface area (Å²) < 4.78 is 18.7. The number of rotatable bonds is 8. The number of nitrogens with zero attached hydrogens (tertiary/aromatic N) is 1. The van der Waals surface area contributed by atoms with Gasteiger partial charge in [-0.15, -0.1) is 11.3 Å². The number of benzene rings is 2. The van der Waals surface area contributed by atoms with Gasteiger partial charge in [0.2, 0.25) is 0 Å². The molecule has 2 N–H and O–H groups in total. The lowest BCUT2D eigenvalue weighted by molar-refractivity contribution is 0.0944. The predicted octanol–water partition coefficient (Wildman–Crippen LogP) is 5.14. The number of hydrogen-bond donors (Lipinski definition) is 2. The molecule has 1 heterocycles. The first-order valence-corrected chi connectivity index (χ1v) is 11.3. The lowest BCUT2D eigenvalue weighted by Gasteiger charge is -2.26. The van der Waals surface area contributed by atoms with Crippen molar-refractivity contribution >= 4 is 39.8 Å². The van der Waals surface area contributed by atoms with Crippen LogP contribution in [0.5, 0.6) is 5.75 Å². The highest BCUT2D eigenvalue weighted by Crippen LogP contribution is 2.30. The largest absolute Gasteiger partial charge is 0.496 e. The molecule has 0 saturated carbocycles. The molecule has 174 valence electrons. The van der Waals surface area contributed by atoms with E-state index in [1.807, 2.05) is 43.3 Å². The number of methoxy groups -OCH3 is 1. The van der Waals surface area contributed by atoms with Gasteiger partial charge in [-0.3, -0.25) is 9.59 Å². The number of aryl methyl sites for hydroxylation is 1. The maximum atomic E-state index is 13.2. The number of halogens is 2. The lowest BCUT2D eigenvalue weighted by atomic mass is 10.0. The van der Waals surface area contributed by atoms with Gasteiger partial charge in [-0.25, -0.2) is 4.39 Å². The zero-order valence-electron chi connectivity index (χ0n) is 18.7. The number of ether oxygens (including phenoxy) is 1. The Morgan fingerprint density at radius 1 is 1.15 bits per heavy atom. The summed E-state index contributed by atoms with van der Waals surface area (Å²) in [6.45, 7) is 2.17. The van der Waals surface area contributed by atoms with Gasteiger partial charge in [0.05, 0.1) is 33.6 Å². The lowest BCUT2D eigenvalue weighted by Crippen LogP contribution is -2.34. The molecule has 0 aliphatic carbocycles. The van der Waals surface area contributed by atoms with Crippen LogP contribution in [-0.4, -0.2) is 44.5 Å². The van der Waals surface area contributed by atoms with Crippen LogP contribution in [0.15, 0.2) is 48.5 Å². The molecule has 3 aromatic rings. The maximum absolute atomic E-state index is 13.2. The Labute approximate surface area is 201 Å². The van der Waals surface area contributed by atoms with Gasteiger partial charge in [-0.05, 0) is 56.9 Å². The van der Waals surface area contributed by atoms with Gasteiger partial charge in [0.15, 0.2) is 0 Å². The van der Waals surface area contributed by atoms with Crippen LogP contribution in [0.25, 0.3) is 0 Å². The van der Waals surface area contributed by atoms with E-state index in [4.69, 9.17) is 16.3 Å². The second-order valence-electron chi connectivity index (χ2n) is 7.63. The fraction of sp³-hybridized carbons (Fsp3) is 0.250. The molecule has 3 rings (SSSR count). The Morgan fingerprint density at radius 3 is 2.55 bits per heavy atom. The average Bonchev–Trinajstić information content (AvgIpc) is 3.13. The summed E-state index contributed by atoms with van der Waals surface area (Å²) in [5.74, 6) is -0.481. The quantitative estimate of drug-likeness (QED) is 0.459. The predicted molar refractivity (Wildman–Crippen MR) is 130 cm³/mol. The molecule has 0 bridgehead atoms. The zero-order valence-corrected chi connectivity index (χ0v) is 20.3. The maximum Gasteiger partial charge on any atom is 0.261 e. The Kier molecular flexibility index (Phi) is 8.07. The summed E-state index contributed by atoms with van der Waals surface area (Å²) in [6.07, 6.45) is 0. The van der Waals surface area contributed by atoms with Crippen molar-refractivity contribution in [3.63, 3.8) is 0 Å². The summed E-state index contributed by atoms with van der Waals surface area (Å²) in [7, 11) is 5.50. The van der Waals surface area contributed by atoms with Gasteiger partial charge in [-0.2, -0.15) is 0 Å². The number of carbonyl (C=O) groups is 2. The summed E-state index contributed by atoms with van der Waals surface area (Å²) in [4.78, 5) is 27.9. The van der Waals surface area contributed by atoms with E-state index in [-0.39, 0.29) is 22.5 Å². The first-order chi connectivity index (χ1) is 15.7. The third kappa shape index (κ3) is 5.90. The molecular weight excluding hydrogens is 465 g/mol. The van der Waals surface area contributed by atoms with E-state index in [1.165, 1.54) is 12.1 Å². The van der Waals surface area contributed by atoms with Gasteiger partial charge in [0.1, 0.15) is 11.6 Å². The molecule has 0 aliphatic rings. The van der Waals surface area contributed by atoms with Crippen LogP contribution in [0.3, 0.4) is 0 Å². The standard InChI is InChI=1S/C24H25ClFN3O3S/c1-14-11-21(28-23(30)16-10-9-15(26)12-18(16)25)33-22(14)24(31)27-13-19(29(2)3)17-7-5-6-8-20(17)32-4/h5-12,19H,13H2,1-4H3,(H,27,31)(H,28,30). The van der Waals surface area contributed by atoms with Gasteiger partial charge < -0.3 is 20.3 Å². The van der Waals surface area contributed by atoms with Gasteiger partial charge in [-0.1, -0.05) is 29.8 Å². The monoisotopic (exact) mass is 489 g/mol. The molecule has 33 heavy (non-hydrogen) atoms. The second kappa shape index (κ2) is 10.8. The number of amides is 2. The van der Waals surface area contributed by atoms with Crippen molar-refractivity contribution in [3.8, 4) is 5.75 Å². The average molecular weight is 490 g/mol. The molecule has 0 fully saturated rings. The van der Waals surface area contributed by atoms with Crippen molar-refractivity contribution < 1.29 is 18.7 Å². The van der Waals surface area contributed by atoms with E-state index in [9.17, 15) is 14.0 Å². The zero-order chi connectivity index (χ0) is 24.1. The summed E-state index contributed by atoms with van der Waals surface area (Å²) >= 11 is 7.14. The molecular formula is C24H25ClFN3O3S. The number of para-hydroxylation sites is 1. The molecule has 0 saturated heterocycles. The minimum absolute atomic E-state index is 0.0183. The second-order valence-corrected chi connectivity index (χ2v) is 9.09. The SMILES string of the molecule is COc1ccccc1C(CNC(=O)c1sc(NC(=O)c2ccc(F)cc2Cl)cc1C)N(C)C. The minimum atomic E-state index is -0.522. The minimum Gasteiger partial charge on any atom is -0.496 e. The molecule has 0 aliphatic heterocycles. The van der Waals surface area contributed by atoms with Crippen LogP contribution in [0, 0.1) is 12.7 Å². The summed E-state index contributed by atoms with van der Waals surface area (Å²) in [6, 6.07) is 12.9. The third-order valence-electron chi connectivity index (χ3n) is 5.11. The molecule has 0 radical (unpaired) electrons. The van der Waals surface area contributed by atoms with Crippen molar-refractivity contribution in [3.05, 3.63) is 80.9 Å². The van der Waals surface area contributed by atoms with Crippen molar-refractivity contribution in [1.82, 2.24) is 10.2 Å². The Morgan fingerprint density at radius 2 is 1.88 bits per heavy atom. The molecule has 9 heteroatoms. The normalized spacial score (nSPS) is 11.8. The molecule has 2 aromatic carbocycles. The molecule has 1 atom stereocenters. The molecule has 2 amide bonds. The van der Waals surface area contributed by atoms with E-state index in [0.29, 0.717) is 16.4 Å². The van der Waals surface area contributed by atoms with Crippen molar-refractivity contribution in [2.75, 3.05) is 33.1 Å². The van der Waals surface area contributed by atoms with E-state index in [0.717, 1.165) is 34.3 Å². The van der Waals surface area contributed by atoms with Crippen LogP contribution in [-0.2, 0) is 0 Å². The Bertz CT molecular complexity index is 1170. The highest BCUT2D eigenvalue weighted by atomic mass is 35.5. The molecule has 6 nitrogen and oxygen atoms in total. The molecule has 1 aromatic heterocycles. The number of carbonyl (C=O) groups excluding carboxylic acids is 2. The summed E-state index contributed by atoms with van der Waals surface area (Å²) in [5, 5.41) is 6.23.